The zero-order valence-electron chi connectivity index (χ0n) is 26.0. The molecule has 2 amide bonds. The van der Waals surface area contributed by atoms with Gasteiger partial charge in [-0.3, -0.25) is 9.59 Å². The van der Waals surface area contributed by atoms with Crippen molar-refractivity contribution in [1.29, 1.82) is 0 Å². The molecule has 4 unspecified atom stereocenters. The van der Waals surface area contributed by atoms with Gasteiger partial charge in [0.05, 0.1) is 7.11 Å². The highest BCUT2D eigenvalue weighted by atomic mass is 16.5. The smallest absolute Gasteiger partial charge is 0.360 e. The largest absolute Gasteiger partial charge is 0.469 e. The Balaban J connectivity index is 1.35. The monoisotopic (exact) mass is 639 g/mol. The van der Waals surface area contributed by atoms with Crippen molar-refractivity contribution in [3.05, 3.63) is 82.8 Å². The van der Waals surface area contributed by atoms with Crippen LogP contribution in [0.3, 0.4) is 0 Å². The fourth-order valence-electron chi connectivity index (χ4n) is 7.08. The van der Waals surface area contributed by atoms with Crippen molar-refractivity contribution < 1.29 is 37.4 Å². The highest BCUT2D eigenvalue weighted by Crippen LogP contribution is 2.59. The van der Waals surface area contributed by atoms with Gasteiger partial charge in [-0.15, -0.1) is 0 Å². The first-order chi connectivity index (χ1) is 22.8. The normalized spacial score (nSPS) is 25.5. The Morgan fingerprint density at radius 2 is 1.96 bits per heavy atom. The van der Waals surface area contributed by atoms with E-state index in [0.717, 1.165) is 28.8 Å². The van der Waals surface area contributed by atoms with Crippen molar-refractivity contribution in [2.45, 2.75) is 62.9 Å². The molecule has 1 spiro atoms. The zero-order valence-corrected chi connectivity index (χ0v) is 26.0. The van der Waals surface area contributed by atoms with Gasteiger partial charge in [-0.05, 0) is 42.0 Å². The minimum Gasteiger partial charge on any atom is -0.469 e. The lowest BCUT2D eigenvalue weighted by Gasteiger charge is -2.29. The lowest BCUT2D eigenvalue weighted by atomic mass is 9.72. The predicted octanol–water partition coefficient (Wildman–Crippen LogP) is 3.63. The number of anilines is 1. The number of amides is 2. The Bertz CT molecular complexity index is 1910. The van der Waals surface area contributed by atoms with Crippen LogP contribution in [0, 0.1) is 5.92 Å². The van der Waals surface area contributed by atoms with Crippen molar-refractivity contribution >= 4 is 23.5 Å². The average Bonchev–Trinajstić information content (AvgIpc) is 3.89. The van der Waals surface area contributed by atoms with Crippen LogP contribution >= 0.6 is 0 Å². The minimum atomic E-state index is -1.07. The SMILES string of the molecule is COC(=O)c1coc(-c2nc3oc2C24c5ccccc5NC2Oc2ccc(cc24)CC(NC(=O)C2CCCO2)C(=O)N[C@H]3C(C)C)n1. The summed E-state index contributed by atoms with van der Waals surface area (Å²) in [6.07, 6.45) is 1.58. The van der Waals surface area contributed by atoms with Gasteiger partial charge in [0.2, 0.25) is 23.6 Å². The maximum atomic E-state index is 14.0. The summed E-state index contributed by atoms with van der Waals surface area (Å²) in [5.74, 6) is -0.299. The third kappa shape index (κ3) is 4.51. The second-order valence-electron chi connectivity index (χ2n) is 12.6. The maximum absolute atomic E-state index is 14.0. The van der Waals surface area contributed by atoms with Crippen LogP contribution in [0.15, 0.2) is 57.6 Å². The van der Waals surface area contributed by atoms with E-state index in [-0.39, 0.29) is 41.4 Å². The van der Waals surface area contributed by atoms with Crippen LogP contribution in [-0.2, 0) is 30.9 Å². The van der Waals surface area contributed by atoms with Crippen molar-refractivity contribution in [2.24, 2.45) is 5.92 Å². The Kier molecular flexibility index (Phi) is 6.83. The Morgan fingerprint density at radius 1 is 1.11 bits per heavy atom. The molecule has 4 bridgehead atoms. The van der Waals surface area contributed by atoms with Gasteiger partial charge >= 0.3 is 5.97 Å². The summed E-state index contributed by atoms with van der Waals surface area (Å²) < 4.78 is 29.7. The third-order valence-corrected chi connectivity index (χ3v) is 9.37. The summed E-state index contributed by atoms with van der Waals surface area (Å²) in [4.78, 5) is 48.9. The van der Waals surface area contributed by atoms with Crippen molar-refractivity contribution in [2.75, 3.05) is 19.0 Å². The number of hydrogen-bond acceptors (Lipinski definition) is 11. The van der Waals surface area contributed by atoms with E-state index in [1.807, 2.05) is 56.3 Å². The molecule has 8 rings (SSSR count). The van der Waals surface area contributed by atoms with Crippen LogP contribution in [-0.4, -0.2) is 59.8 Å². The number of hydrogen-bond donors (Lipinski definition) is 3. The maximum Gasteiger partial charge on any atom is 0.360 e. The molecule has 13 nitrogen and oxygen atoms in total. The fourth-order valence-corrected chi connectivity index (χ4v) is 7.08. The molecule has 4 aromatic rings. The number of ether oxygens (including phenoxy) is 3. The van der Waals surface area contributed by atoms with Crippen molar-refractivity contribution in [3.63, 3.8) is 0 Å². The van der Waals surface area contributed by atoms with Gasteiger partial charge in [0.1, 0.15) is 35.6 Å². The van der Waals surface area contributed by atoms with E-state index >= 15 is 0 Å². The van der Waals surface area contributed by atoms with E-state index in [2.05, 4.69) is 20.9 Å². The summed E-state index contributed by atoms with van der Waals surface area (Å²) in [6, 6.07) is 12.0. The van der Waals surface area contributed by atoms with Crippen molar-refractivity contribution in [3.8, 4) is 17.3 Å². The number of carbonyl (C=O) groups excluding carboxylic acids is 3. The number of aromatic nitrogens is 2. The number of nitrogens with zero attached hydrogens (tertiary/aromatic N) is 2. The fraction of sp³-hybridized carbons (Fsp3) is 0.382. The topological polar surface area (TPSA) is 167 Å². The zero-order chi connectivity index (χ0) is 32.4. The van der Waals surface area contributed by atoms with Crippen LogP contribution in [0.25, 0.3) is 11.6 Å². The van der Waals surface area contributed by atoms with Crippen LogP contribution in [0.4, 0.5) is 5.69 Å². The molecule has 0 saturated carbocycles. The summed E-state index contributed by atoms with van der Waals surface area (Å²) >= 11 is 0. The highest BCUT2D eigenvalue weighted by molar-refractivity contribution is 5.90. The third-order valence-electron chi connectivity index (χ3n) is 9.37. The molecule has 47 heavy (non-hydrogen) atoms. The Labute approximate surface area is 269 Å². The van der Waals surface area contributed by atoms with Gasteiger partial charge in [-0.2, -0.15) is 0 Å². The number of nitrogens with one attached hydrogen (secondary N) is 3. The number of esters is 1. The van der Waals surface area contributed by atoms with Crippen LogP contribution in [0.5, 0.6) is 5.75 Å². The first-order valence-electron chi connectivity index (χ1n) is 15.7. The molecule has 242 valence electrons. The summed E-state index contributed by atoms with van der Waals surface area (Å²) in [5, 5.41) is 9.56. The highest BCUT2D eigenvalue weighted by Gasteiger charge is 2.61. The molecule has 13 heteroatoms. The number of fused-ring (bicyclic) bond motifs is 4. The van der Waals surface area contributed by atoms with Crippen LogP contribution in [0.1, 0.15) is 71.6 Å². The Hall–Kier alpha value is -5.17. The molecule has 3 N–H and O–H groups in total. The lowest BCUT2D eigenvalue weighted by Crippen LogP contribution is -2.51. The van der Waals surface area contributed by atoms with Gasteiger partial charge in [-0.25, -0.2) is 14.8 Å². The first kappa shape index (κ1) is 29.2. The molecule has 6 heterocycles. The molecule has 1 fully saturated rings. The number of rotatable bonds is 5. The predicted molar refractivity (Wildman–Crippen MR) is 164 cm³/mol. The van der Waals surface area contributed by atoms with Gasteiger partial charge in [0.15, 0.2) is 23.4 Å². The van der Waals surface area contributed by atoms with E-state index in [0.29, 0.717) is 24.5 Å². The molecule has 4 aliphatic rings. The molecule has 0 radical (unpaired) electrons. The number of methoxy groups -OCH3 is 1. The van der Waals surface area contributed by atoms with Crippen LogP contribution < -0.4 is 20.7 Å². The van der Waals surface area contributed by atoms with E-state index in [4.69, 9.17) is 28.0 Å². The second kappa shape index (κ2) is 11.0. The van der Waals surface area contributed by atoms with Gasteiger partial charge in [0.25, 0.3) is 0 Å². The van der Waals surface area contributed by atoms with Gasteiger partial charge in [0, 0.05) is 24.3 Å². The average molecular weight is 640 g/mol. The summed E-state index contributed by atoms with van der Waals surface area (Å²) in [7, 11) is 1.26. The van der Waals surface area contributed by atoms with E-state index in [9.17, 15) is 14.4 Å². The van der Waals surface area contributed by atoms with Gasteiger partial charge in [-0.1, -0.05) is 44.2 Å². The summed E-state index contributed by atoms with van der Waals surface area (Å²) in [5.41, 5.74) is 2.48. The Morgan fingerprint density at radius 3 is 2.74 bits per heavy atom. The molecule has 4 aliphatic heterocycles. The minimum absolute atomic E-state index is 0.0289. The van der Waals surface area contributed by atoms with E-state index in [1.165, 1.54) is 13.4 Å². The standard InChI is InChI=1S/C34H33N5O8/c1-16(2)25-31-39-26(30-36-22(15-45-30)32(42)43-3)27(47-31)34-18-7-4-5-8-20(18)37-33(34)46-23-11-10-17(13-19(23)34)14-21(28(40)38-25)35-29(41)24-9-6-12-44-24/h4-5,7-8,10-11,13,15-16,21,24-25,33,37H,6,9,12,14H2,1-3H3,(H,35,41)(H,38,40)/t21?,24?,25-,33?,34?/m0/s1. The molecule has 2 aromatic carbocycles. The van der Waals surface area contributed by atoms with Crippen LogP contribution in [0.2, 0.25) is 0 Å². The number of oxazole rings is 2. The van der Waals surface area contributed by atoms with E-state index in [1.54, 1.807) is 0 Å². The molecule has 5 atom stereocenters. The molecular formula is C34H33N5O8. The summed E-state index contributed by atoms with van der Waals surface area (Å²) in [6.45, 7) is 4.38. The molecule has 2 aromatic heterocycles. The lowest BCUT2D eigenvalue weighted by molar-refractivity contribution is -0.135. The molecular weight excluding hydrogens is 606 g/mol. The number of benzene rings is 2. The molecule has 1 saturated heterocycles. The quantitative estimate of drug-likeness (QED) is 0.273. The van der Waals surface area contributed by atoms with Gasteiger partial charge < -0.3 is 39.0 Å². The molecule has 0 aliphatic carbocycles. The first-order valence-corrected chi connectivity index (χ1v) is 15.7. The number of carbonyl (C=O) groups is 3. The second-order valence-corrected chi connectivity index (χ2v) is 12.6. The van der Waals surface area contributed by atoms with E-state index < -0.39 is 41.7 Å². The number of para-hydroxylation sites is 1. The van der Waals surface area contributed by atoms with Crippen molar-refractivity contribution in [1.82, 2.24) is 20.6 Å².